The van der Waals surface area contributed by atoms with Gasteiger partial charge in [0.15, 0.2) is 0 Å². The summed E-state index contributed by atoms with van der Waals surface area (Å²) in [5.74, 6) is 2.06. The van der Waals surface area contributed by atoms with Crippen LogP contribution in [0.15, 0.2) is 12.4 Å². The van der Waals surface area contributed by atoms with Crippen LogP contribution in [0.2, 0.25) is 0 Å². The monoisotopic (exact) mass is 263 g/mol. The SMILES string of the molecule is CCCNC(Cc1nccn1CCC)C1CC1(C)C. The lowest BCUT2D eigenvalue weighted by atomic mass is 10.0. The molecule has 0 spiro atoms. The van der Waals surface area contributed by atoms with Gasteiger partial charge in [0.05, 0.1) is 0 Å². The molecule has 2 atom stereocenters. The zero-order chi connectivity index (χ0) is 13.9. The molecule has 0 radical (unpaired) electrons. The van der Waals surface area contributed by atoms with Crippen molar-refractivity contribution in [2.24, 2.45) is 11.3 Å². The summed E-state index contributed by atoms with van der Waals surface area (Å²) in [5.41, 5.74) is 0.521. The maximum atomic E-state index is 4.56. The molecule has 19 heavy (non-hydrogen) atoms. The van der Waals surface area contributed by atoms with Crippen LogP contribution in [0.4, 0.5) is 0 Å². The Balaban J connectivity index is 2.01. The zero-order valence-corrected chi connectivity index (χ0v) is 12.9. The minimum absolute atomic E-state index is 0.521. The highest BCUT2D eigenvalue weighted by Crippen LogP contribution is 2.54. The van der Waals surface area contributed by atoms with Crippen molar-refractivity contribution in [1.82, 2.24) is 14.9 Å². The van der Waals surface area contributed by atoms with Crippen molar-refractivity contribution in [2.45, 2.75) is 66.0 Å². The van der Waals surface area contributed by atoms with Gasteiger partial charge < -0.3 is 9.88 Å². The second-order valence-corrected chi connectivity index (χ2v) is 6.60. The minimum Gasteiger partial charge on any atom is -0.335 e. The lowest BCUT2D eigenvalue weighted by Crippen LogP contribution is -2.36. The van der Waals surface area contributed by atoms with E-state index in [1.54, 1.807) is 0 Å². The van der Waals surface area contributed by atoms with Crippen LogP contribution in [0.3, 0.4) is 0 Å². The molecule has 2 unspecified atom stereocenters. The van der Waals surface area contributed by atoms with E-state index in [0.29, 0.717) is 11.5 Å². The van der Waals surface area contributed by atoms with Crippen molar-refractivity contribution >= 4 is 0 Å². The smallest absolute Gasteiger partial charge is 0.110 e. The highest BCUT2D eigenvalue weighted by molar-refractivity contribution is 5.06. The molecular formula is C16H29N3. The minimum atomic E-state index is 0.521. The third kappa shape index (κ3) is 3.59. The first kappa shape index (κ1) is 14.6. The highest BCUT2D eigenvalue weighted by atomic mass is 15.1. The zero-order valence-electron chi connectivity index (χ0n) is 12.9. The first-order valence-corrected chi connectivity index (χ1v) is 7.82. The predicted molar refractivity (Wildman–Crippen MR) is 80.2 cm³/mol. The number of hydrogen-bond donors (Lipinski definition) is 1. The molecule has 1 aromatic heterocycles. The van der Waals surface area contributed by atoms with Gasteiger partial charge in [-0.2, -0.15) is 0 Å². The number of aromatic nitrogens is 2. The van der Waals surface area contributed by atoms with Gasteiger partial charge in [-0.15, -0.1) is 0 Å². The number of nitrogens with one attached hydrogen (secondary N) is 1. The van der Waals surface area contributed by atoms with Gasteiger partial charge >= 0.3 is 0 Å². The van der Waals surface area contributed by atoms with Gasteiger partial charge in [0.25, 0.3) is 0 Å². The predicted octanol–water partition coefficient (Wildman–Crippen LogP) is 3.25. The number of nitrogens with zero attached hydrogens (tertiary/aromatic N) is 2. The van der Waals surface area contributed by atoms with Gasteiger partial charge in [0, 0.05) is 31.4 Å². The summed E-state index contributed by atoms with van der Waals surface area (Å²) in [7, 11) is 0. The number of rotatable bonds is 8. The molecule has 0 amide bonds. The molecule has 0 saturated heterocycles. The quantitative estimate of drug-likeness (QED) is 0.780. The second-order valence-electron chi connectivity index (χ2n) is 6.60. The molecule has 3 heteroatoms. The Labute approximate surface area is 117 Å². The summed E-state index contributed by atoms with van der Waals surface area (Å²) in [5, 5.41) is 3.74. The Hall–Kier alpha value is -0.830. The van der Waals surface area contributed by atoms with E-state index in [1.165, 1.54) is 25.1 Å². The summed E-state index contributed by atoms with van der Waals surface area (Å²) >= 11 is 0. The molecule has 0 bridgehead atoms. The molecule has 1 N–H and O–H groups in total. The molecular weight excluding hydrogens is 234 g/mol. The van der Waals surface area contributed by atoms with E-state index in [4.69, 9.17) is 0 Å². The Morgan fingerprint density at radius 3 is 2.74 bits per heavy atom. The lowest BCUT2D eigenvalue weighted by molar-refractivity contribution is 0.392. The summed E-state index contributed by atoms with van der Waals surface area (Å²) in [4.78, 5) is 4.56. The fraction of sp³-hybridized carbons (Fsp3) is 0.812. The fourth-order valence-corrected chi connectivity index (χ4v) is 3.05. The second kappa shape index (κ2) is 6.08. The van der Waals surface area contributed by atoms with E-state index < -0.39 is 0 Å². The van der Waals surface area contributed by atoms with Crippen molar-refractivity contribution in [2.75, 3.05) is 6.54 Å². The summed E-state index contributed by atoms with van der Waals surface area (Å²) < 4.78 is 2.32. The summed E-state index contributed by atoms with van der Waals surface area (Å²) in [6, 6.07) is 0.591. The molecule has 1 aliphatic rings. The van der Waals surface area contributed by atoms with E-state index >= 15 is 0 Å². The number of imidazole rings is 1. The summed E-state index contributed by atoms with van der Waals surface area (Å²) in [6.45, 7) is 11.4. The van der Waals surface area contributed by atoms with Crippen molar-refractivity contribution in [3.8, 4) is 0 Å². The topological polar surface area (TPSA) is 29.9 Å². The third-order valence-electron chi connectivity index (χ3n) is 4.40. The van der Waals surface area contributed by atoms with E-state index in [9.17, 15) is 0 Å². The van der Waals surface area contributed by atoms with Gasteiger partial charge in [-0.05, 0) is 37.1 Å². The highest BCUT2D eigenvalue weighted by Gasteiger charge is 2.49. The van der Waals surface area contributed by atoms with Crippen molar-refractivity contribution < 1.29 is 0 Å². The Kier molecular flexibility index (Phi) is 4.67. The maximum Gasteiger partial charge on any atom is 0.110 e. The van der Waals surface area contributed by atoms with E-state index in [2.05, 4.69) is 48.8 Å². The molecule has 1 fully saturated rings. The van der Waals surface area contributed by atoms with Crippen LogP contribution >= 0.6 is 0 Å². The van der Waals surface area contributed by atoms with E-state index in [1.807, 2.05) is 6.20 Å². The van der Waals surface area contributed by atoms with Crippen LogP contribution < -0.4 is 5.32 Å². The molecule has 1 aliphatic carbocycles. The molecule has 0 aromatic carbocycles. The molecule has 3 nitrogen and oxygen atoms in total. The Bertz CT molecular complexity index is 394. The van der Waals surface area contributed by atoms with Gasteiger partial charge in [-0.1, -0.05) is 27.7 Å². The van der Waals surface area contributed by atoms with Crippen LogP contribution in [0.1, 0.15) is 52.8 Å². The van der Waals surface area contributed by atoms with Gasteiger partial charge in [0.2, 0.25) is 0 Å². The summed E-state index contributed by atoms with van der Waals surface area (Å²) in [6.07, 6.45) is 8.86. The molecule has 1 saturated carbocycles. The van der Waals surface area contributed by atoms with Crippen LogP contribution in [-0.4, -0.2) is 22.1 Å². The van der Waals surface area contributed by atoms with Crippen LogP contribution in [0, 0.1) is 11.3 Å². The van der Waals surface area contributed by atoms with Crippen molar-refractivity contribution in [3.63, 3.8) is 0 Å². The van der Waals surface area contributed by atoms with Crippen molar-refractivity contribution in [3.05, 3.63) is 18.2 Å². The molecule has 0 aliphatic heterocycles. The van der Waals surface area contributed by atoms with E-state index in [-0.39, 0.29) is 0 Å². The van der Waals surface area contributed by atoms with Gasteiger partial charge in [-0.3, -0.25) is 0 Å². The fourth-order valence-electron chi connectivity index (χ4n) is 3.05. The Morgan fingerprint density at radius 1 is 1.42 bits per heavy atom. The molecule has 2 rings (SSSR count). The van der Waals surface area contributed by atoms with Crippen molar-refractivity contribution in [1.29, 1.82) is 0 Å². The average Bonchev–Trinajstić information content (AvgIpc) is 2.80. The first-order valence-electron chi connectivity index (χ1n) is 7.82. The lowest BCUT2D eigenvalue weighted by Gasteiger charge is -2.20. The third-order valence-corrected chi connectivity index (χ3v) is 4.40. The number of hydrogen-bond acceptors (Lipinski definition) is 2. The van der Waals surface area contributed by atoms with Crippen LogP contribution in [0.25, 0.3) is 0 Å². The largest absolute Gasteiger partial charge is 0.335 e. The molecule has 1 heterocycles. The Morgan fingerprint density at radius 2 is 2.16 bits per heavy atom. The standard InChI is InChI=1S/C16H29N3/c1-5-7-17-14(13-12-16(13,3)4)11-15-18-8-10-19(15)9-6-2/h8,10,13-14,17H,5-7,9,11-12H2,1-4H3. The van der Waals surface area contributed by atoms with Gasteiger partial charge in [0.1, 0.15) is 5.82 Å². The normalized spacial score (nSPS) is 22.4. The molecule has 1 aromatic rings. The van der Waals surface area contributed by atoms with E-state index in [0.717, 1.165) is 25.4 Å². The first-order chi connectivity index (χ1) is 9.08. The van der Waals surface area contributed by atoms with Gasteiger partial charge in [-0.25, -0.2) is 4.98 Å². The van der Waals surface area contributed by atoms with Crippen LogP contribution in [0.5, 0.6) is 0 Å². The number of aryl methyl sites for hydroxylation is 1. The maximum absolute atomic E-state index is 4.56. The molecule has 108 valence electrons. The average molecular weight is 263 g/mol. The van der Waals surface area contributed by atoms with Crippen LogP contribution in [-0.2, 0) is 13.0 Å².